The zero-order valence-electron chi connectivity index (χ0n) is 4.73. The van der Waals surface area contributed by atoms with Gasteiger partial charge in [-0.3, -0.25) is 0 Å². The molecule has 0 bridgehead atoms. The van der Waals surface area contributed by atoms with Gasteiger partial charge in [-0.1, -0.05) is 0 Å². The minimum absolute atomic E-state index is 0. The molecule has 0 rings (SSSR count). The van der Waals surface area contributed by atoms with Gasteiger partial charge < -0.3 is 17.5 Å². The zero-order valence-corrected chi connectivity index (χ0v) is 8.46. The quantitative estimate of drug-likeness (QED) is 0.344. The molecule has 0 aromatic carbocycles. The lowest BCUT2D eigenvalue weighted by molar-refractivity contribution is -0.00000262. The van der Waals surface area contributed by atoms with E-state index in [9.17, 15) is 0 Å². The van der Waals surface area contributed by atoms with Crippen LogP contribution in [-0.4, -0.2) is 27.5 Å². The van der Waals surface area contributed by atoms with Crippen LogP contribution in [0.25, 0.3) is 0 Å². The molecule has 0 saturated heterocycles. The molecule has 1 atom stereocenters. The highest BCUT2D eigenvalue weighted by atomic mass is 127. The largest absolute Gasteiger partial charge is 1.00 e. The summed E-state index contributed by atoms with van der Waals surface area (Å²) in [7, 11) is 0.460. The van der Waals surface area contributed by atoms with E-state index in [0.717, 1.165) is 5.75 Å². The summed E-state index contributed by atoms with van der Waals surface area (Å²) in [6, 6.07) is 0. The maximum atomic E-state index is 8.37. The van der Waals surface area contributed by atoms with Crippen LogP contribution in [0.3, 0.4) is 0 Å². The predicted octanol–water partition coefficient (Wildman–Crippen LogP) is -2.38. The van der Waals surface area contributed by atoms with E-state index >= 15 is 0 Å². The molecule has 0 fully saturated rings. The summed E-state index contributed by atoms with van der Waals surface area (Å²) in [5.74, 6) is 0.975. The molecule has 0 aromatic heterocycles. The molecule has 0 saturated carbocycles. The average Bonchev–Trinajstić information content (AvgIpc) is 1.68. The van der Waals surface area contributed by atoms with E-state index < -0.39 is 0 Å². The van der Waals surface area contributed by atoms with Crippen LogP contribution < -0.4 is 12.4 Å². The maximum absolute atomic E-state index is 8.37. The highest BCUT2D eigenvalue weighted by Gasteiger charge is 2.04. The van der Waals surface area contributed by atoms with Crippen LogP contribution in [0, 0.1) is 0 Å². The van der Waals surface area contributed by atoms with Gasteiger partial charge >= 0.3 is 0 Å². The fourth-order valence-corrected chi connectivity index (χ4v) is 1.57. The van der Waals surface area contributed by atoms with Crippen molar-refractivity contribution in [3.8, 4) is 0 Å². The second-order valence-corrected chi connectivity index (χ2v) is 5.38. The van der Waals surface area contributed by atoms with Gasteiger partial charge in [-0.15, -0.1) is 0 Å². The molecule has 0 radical (unpaired) electrons. The standard InChI is InChI=1S/C4H10IOS.ClH/c1-7(4-5)3-2-6;/h6H,2-4H2,1H3;1H/q+1;/p-1. The van der Waals surface area contributed by atoms with E-state index in [-0.39, 0.29) is 12.4 Å². The second kappa shape index (κ2) is 8.33. The van der Waals surface area contributed by atoms with Crippen molar-refractivity contribution >= 4 is 33.5 Å². The fraction of sp³-hybridized carbons (Fsp3) is 1.00. The number of hydrogen-bond donors (Lipinski definition) is 1. The van der Waals surface area contributed by atoms with Crippen molar-refractivity contribution in [2.45, 2.75) is 0 Å². The zero-order chi connectivity index (χ0) is 5.70. The summed E-state index contributed by atoms with van der Waals surface area (Å²) in [6.07, 6.45) is 2.17. The Morgan fingerprint density at radius 2 is 2.12 bits per heavy atom. The minimum atomic E-state index is 0. The topological polar surface area (TPSA) is 20.2 Å². The van der Waals surface area contributed by atoms with Crippen molar-refractivity contribution in [2.75, 3.05) is 22.4 Å². The smallest absolute Gasteiger partial charge is 0.157 e. The second-order valence-electron chi connectivity index (χ2n) is 1.32. The molecular weight excluding hydrogens is 258 g/mol. The third kappa shape index (κ3) is 7.33. The van der Waals surface area contributed by atoms with E-state index in [1.54, 1.807) is 0 Å². The molecule has 0 aliphatic heterocycles. The number of hydrogen-bond acceptors (Lipinski definition) is 1. The SMILES string of the molecule is C[S+](CI)CCO.[Cl-]. The molecule has 4 heteroatoms. The monoisotopic (exact) mass is 268 g/mol. The van der Waals surface area contributed by atoms with Crippen LogP contribution in [0.5, 0.6) is 0 Å². The Labute approximate surface area is 73.1 Å². The van der Waals surface area contributed by atoms with Crippen LogP contribution in [0.15, 0.2) is 0 Å². The van der Waals surface area contributed by atoms with Crippen molar-refractivity contribution in [1.82, 2.24) is 0 Å². The normalized spacial score (nSPS) is 12.4. The van der Waals surface area contributed by atoms with Crippen LogP contribution in [0.4, 0.5) is 0 Å². The summed E-state index contributed by atoms with van der Waals surface area (Å²) in [4.78, 5) is 0. The summed E-state index contributed by atoms with van der Waals surface area (Å²) >= 11 is 2.34. The lowest BCUT2D eigenvalue weighted by Gasteiger charge is -1.91. The van der Waals surface area contributed by atoms with Crippen molar-refractivity contribution in [2.24, 2.45) is 0 Å². The van der Waals surface area contributed by atoms with Gasteiger partial charge in [0.1, 0.15) is 5.75 Å². The van der Waals surface area contributed by atoms with Crippen LogP contribution >= 0.6 is 22.6 Å². The number of alkyl halides is 1. The van der Waals surface area contributed by atoms with Crippen LogP contribution in [0.2, 0.25) is 0 Å². The Morgan fingerprint density at radius 3 is 2.25 bits per heavy atom. The Hall–Kier alpha value is 1.33. The maximum Gasteiger partial charge on any atom is 0.157 e. The molecule has 1 unspecified atom stereocenters. The van der Waals surface area contributed by atoms with Gasteiger partial charge in [0.2, 0.25) is 0 Å². The highest BCUT2D eigenvalue weighted by molar-refractivity contribution is 14.1. The lowest BCUT2D eigenvalue weighted by atomic mass is 10.9. The molecular formula is C4H10ClIOS. The Kier molecular flexibility index (Phi) is 12.5. The number of aliphatic hydroxyl groups excluding tert-OH is 1. The molecule has 0 aliphatic carbocycles. The van der Waals surface area contributed by atoms with Gasteiger partial charge in [-0.05, 0) is 33.5 Å². The van der Waals surface area contributed by atoms with Crippen LogP contribution in [-0.2, 0) is 10.9 Å². The number of rotatable bonds is 3. The van der Waals surface area contributed by atoms with Crippen LogP contribution in [0.1, 0.15) is 0 Å². The van der Waals surface area contributed by atoms with E-state index in [1.807, 2.05) is 0 Å². The Bertz CT molecular complexity index is 47.0. The first-order chi connectivity index (χ1) is 3.31. The van der Waals surface area contributed by atoms with Gasteiger partial charge in [0, 0.05) is 0 Å². The fourth-order valence-electron chi connectivity index (χ4n) is 0.210. The van der Waals surface area contributed by atoms with Gasteiger partial charge in [0.25, 0.3) is 0 Å². The first-order valence-electron chi connectivity index (χ1n) is 2.07. The summed E-state index contributed by atoms with van der Waals surface area (Å²) in [5, 5.41) is 8.37. The van der Waals surface area contributed by atoms with Gasteiger partial charge in [0.05, 0.1) is 12.9 Å². The van der Waals surface area contributed by atoms with Crippen molar-refractivity contribution in [3.63, 3.8) is 0 Å². The summed E-state index contributed by atoms with van der Waals surface area (Å²) in [6.45, 7) is 0.350. The Balaban J connectivity index is 0. The summed E-state index contributed by atoms with van der Waals surface area (Å²) in [5.41, 5.74) is 0. The van der Waals surface area contributed by atoms with E-state index in [1.165, 1.54) is 3.76 Å². The van der Waals surface area contributed by atoms with E-state index in [0.29, 0.717) is 17.5 Å². The first-order valence-corrected chi connectivity index (χ1v) is 5.57. The highest BCUT2D eigenvalue weighted by Crippen LogP contribution is 1.94. The molecule has 0 aromatic rings. The van der Waals surface area contributed by atoms with E-state index in [4.69, 9.17) is 5.11 Å². The molecule has 52 valence electrons. The predicted molar refractivity (Wildman–Crippen MR) is 44.1 cm³/mol. The molecule has 0 heterocycles. The lowest BCUT2D eigenvalue weighted by Crippen LogP contribution is -3.00. The van der Waals surface area contributed by atoms with Gasteiger partial charge in [0.15, 0.2) is 3.76 Å². The third-order valence-corrected chi connectivity index (χ3v) is 5.07. The first kappa shape index (κ1) is 12.0. The molecule has 1 N–H and O–H groups in total. The summed E-state index contributed by atoms with van der Waals surface area (Å²) < 4.78 is 1.18. The van der Waals surface area contributed by atoms with Crippen molar-refractivity contribution in [1.29, 1.82) is 0 Å². The molecule has 0 spiro atoms. The third-order valence-electron chi connectivity index (χ3n) is 0.626. The van der Waals surface area contributed by atoms with E-state index in [2.05, 4.69) is 28.8 Å². The van der Waals surface area contributed by atoms with Gasteiger partial charge in [-0.2, -0.15) is 0 Å². The molecule has 0 amide bonds. The molecule has 0 aliphatic rings. The number of aliphatic hydroxyl groups is 1. The molecule has 1 nitrogen and oxygen atoms in total. The average molecular weight is 269 g/mol. The Morgan fingerprint density at radius 1 is 1.62 bits per heavy atom. The minimum Gasteiger partial charge on any atom is -1.00 e. The van der Waals surface area contributed by atoms with Gasteiger partial charge in [-0.25, -0.2) is 0 Å². The van der Waals surface area contributed by atoms with Crippen molar-refractivity contribution in [3.05, 3.63) is 0 Å². The number of halogens is 2. The molecule has 8 heavy (non-hydrogen) atoms. The van der Waals surface area contributed by atoms with Crippen molar-refractivity contribution < 1.29 is 17.5 Å².